The molecule has 3 unspecified atom stereocenters. The molecule has 210 valence electrons. The summed E-state index contributed by atoms with van der Waals surface area (Å²) in [6.07, 6.45) is 4.47. The highest BCUT2D eigenvalue weighted by atomic mass is 79.9. The number of amides is 2. The molecule has 0 spiro atoms. The second kappa shape index (κ2) is 11.4. The van der Waals surface area contributed by atoms with Crippen LogP contribution in [0.5, 0.6) is 0 Å². The van der Waals surface area contributed by atoms with Gasteiger partial charge in [-0.2, -0.15) is 0 Å². The van der Waals surface area contributed by atoms with Crippen LogP contribution in [0.15, 0.2) is 95.5 Å². The molecule has 1 aliphatic carbocycles. The van der Waals surface area contributed by atoms with Crippen molar-refractivity contribution in [2.24, 2.45) is 11.8 Å². The SMILES string of the molecule is CCC(OC(=O)c1cc(-c2ccc(N3C(=O)C4CC=CCC4C3=O)cc2)nc2ccc(Br)cc12)C(=O)c1ccccc1. The summed E-state index contributed by atoms with van der Waals surface area (Å²) in [5.41, 5.74) is 3.06. The monoisotopic (exact) mass is 622 g/mol. The molecule has 0 radical (unpaired) electrons. The summed E-state index contributed by atoms with van der Waals surface area (Å²) in [6.45, 7) is 1.80. The van der Waals surface area contributed by atoms with E-state index in [0.29, 0.717) is 52.7 Å². The van der Waals surface area contributed by atoms with Gasteiger partial charge in [0, 0.05) is 21.0 Å². The Morgan fingerprint density at radius 1 is 0.929 bits per heavy atom. The first kappa shape index (κ1) is 27.7. The number of carbonyl (C=O) groups excluding carboxylic acids is 4. The van der Waals surface area contributed by atoms with Gasteiger partial charge in [-0.05, 0) is 55.7 Å². The van der Waals surface area contributed by atoms with Crippen LogP contribution < -0.4 is 4.90 Å². The first-order valence-electron chi connectivity index (χ1n) is 13.9. The molecule has 0 N–H and O–H groups in total. The van der Waals surface area contributed by atoms with E-state index in [1.165, 1.54) is 4.90 Å². The normalized spacial score (nSPS) is 18.7. The molecule has 0 bridgehead atoms. The van der Waals surface area contributed by atoms with E-state index in [0.717, 1.165) is 4.47 Å². The standard InChI is InChI=1S/C34H27BrN2O5/c1-2-30(31(38)21-8-4-3-5-9-21)42-34(41)27-19-29(36-28-17-14-22(35)18-26(27)28)20-12-15-23(16-13-20)37-32(39)24-10-6-7-11-25(24)33(37)40/h3-9,12-19,24-25,30H,2,10-11H2,1H3. The first-order chi connectivity index (χ1) is 20.4. The topological polar surface area (TPSA) is 93.6 Å². The van der Waals surface area contributed by atoms with Crippen LogP contribution in [0.3, 0.4) is 0 Å². The first-order valence-corrected chi connectivity index (χ1v) is 14.7. The number of imide groups is 1. The minimum absolute atomic E-state index is 0.169. The van der Waals surface area contributed by atoms with Crippen LogP contribution in [-0.4, -0.2) is 34.7 Å². The Morgan fingerprint density at radius 2 is 1.60 bits per heavy atom. The Hall–Kier alpha value is -4.43. The van der Waals surface area contributed by atoms with Gasteiger partial charge in [0.1, 0.15) is 0 Å². The number of esters is 1. The third-order valence-corrected chi connectivity index (χ3v) is 8.38. The number of hydrogen-bond acceptors (Lipinski definition) is 6. The molecule has 1 aromatic heterocycles. The molecule has 2 aliphatic rings. The van der Waals surface area contributed by atoms with Gasteiger partial charge in [0.25, 0.3) is 0 Å². The summed E-state index contributed by atoms with van der Waals surface area (Å²) >= 11 is 3.47. The van der Waals surface area contributed by atoms with Crippen LogP contribution in [0, 0.1) is 11.8 Å². The number of fused-ring (bicyclic) bond motifs is 2. The number of ketones is 1. The van der Waals surface area contributed by atoms with E-state index in [1.807, 2.05) is 24.3 Å². The molecule has 3 atom stereocenters. The second-order valence-electron chi connectivity index (χ2n) is 10.5. The summed E-state index contributed by atoms with van der Waals surface area (Å²) < 4.78 is 6.55. The Kier molecular flexibility index (Phi) is 7.56. The molecule has 8 heteroatoms. The molecular formula is C34H27BrN2O5. The van der Waals surface area contributed by atoms with Gasteiger partial charge in [-0.25, -0.2) is 9.78 Å². The minimum atomic E-state index is -0.938. The number of Topliss-reactive ketones (excluding diaryl/α,β-unsaturated/α-hetero) is 1. The van der Waals surface area contributed by atoms with Crippen molar-refractivity contribution in [2.45, 2.75) is 32.3 Å². The summed E-state index contributed by atoms with van der Waals surface area (Å²) in [5, 5.41) is 0.584. The lowest BCUT2D eigenvalue weighted by Gasteiger charge is -2.17. The van der Waals surface area contributed by atoms with Gasteiger partial charge in [0.2, 0.25) is 17.6 Å². The number of nitrogens with zero attached hydrogens (tertiary/aromatic N) is 2. The van der Waals surface area contributed by atoms with Gasteiger partial charge in [-0.1, -0.05) is 77.5 Å². The number of allylic oxidation sites excluding steroid dienone is 2. The predicted octanol–water partition coefficient (Wildman–Crippen LogP) is 6.94. The average Bonchev–Trinajstić information content (AvgIpc) is 3.28. The molecule has 42 heavy (non-hydrogen) atoms. The fourth-order valence-corrected chi connectivity index (χ4v) is 6.02. The van der Waals surface area contributed by atoms with E-state index in [4.69, 9.17) is 9.72 Å². The van der Waals surface area contributed by atoms with E-state index >= 15 is 0 Å². The summed E-state index contributed by atoms with van der Waals surface area (Å²) in [7, 11) is 0. The summed E-state index contributed by atoms with van der Waals surface area (Å²) in [6, 6.07) is 22.9. The molecular weight excluding hydrogens is 596 g/mol. The number of benzene rings is 3. The third kappa shape index (κ3) is 5.07. The second-order valence-corrected chi connectivity index (χ2v) is 11.4. The van der Waals surface area contributed by atoms with Gasteiger partial charge in [-0.3, -0.25) is 19.3 Å². The molecule has 0 saturated carbocycles. The number of aromatic nitrogens is 1. The Bertz CT molecular complexity index is 1720. The number of carbonyl (C=O) groups is 4. The number of anilines is 1. The zero-order valence-corrected chi connectivity index (χ0v) is 24.4. The Morgan fingerprint density at radius 3 is 2.24 bits per heavy atom. The largest absolute Gasteiger partial charge is 0.450 e. The summed E-state index contributed by atoms with van der Waals surface area (Å²) in [5.74, 6) is -1.84. The number of halogens is 1. The van der Waals surface area contributed by atoms with Crippen molar-refractivity contribution in [1.82, 2.24) is 4.98 Å². The maximum Gasteiger partial charge on any atom is 0.339 e. The lowest BCUT2D eigenvalue weighted by molar-refractivity contribution is -0.122. The average molecular weight is 624 g/mol. The van der Waals surface area contributed by atoms with Gasteiger partial charge in [-0.15, -0.1) is 0 Å². The molecule has 1 aliphatic heterocycles. The molecule has 1 fully saturated rings. The Balaban J connectivity index is 1.32. The van der Waals surface area contributed by atoms with Crippen LogP contribution in [0.1, 0.15) is 46.9 Å². The zero-order chi connectivity index (χ0) is 29.4. The van der Waals surface area contributed by atoms with Gasteiger partial charge in [0.15, 0.2) is 6.10 Å². The van der Waals surface area contributed by atoms with E-state index in [2.05, 4.69) is 15.9 Å². The number of pyridine rings is 1. The maximum absolute atomic E-state index is 13.6. The lowest BCUT2D eigenvalue weighted by atomic mass is 9.85. The maximum atomic E-state index is 13.6. The molecule has 6 rings (SSSR count). The van der Waals surface area contributed by atoms with Gasteiger partial charge >= 0.3 is 5.97 Å². The Labute approximate surface area is 251 Å². The van der Waals surface area contributed by atoms with E-state index in [1.54, 1.807) is 73.7 Å². The number of hydrogen-bond donors (Lipinski definition) is 0. The van der Waals surface area contributed by atoms with Crippen LogP contribution in [0.2, 0.25) is 0 Å². The smallest absolute Gasteiger partial charge is 0.339 e. The highest BCUT2D eigenvalue weighted by Crippen LogP contribution is 2.38. The fourth-order valence-electron chi connectivity index (χ4n) is 5.65. The highest BCUT2D eigenvalue weighted by Gasteiger charge is 2.47. The quantitative estimate of drug-likeness (QED) is 0.0959. The highest BCUT2D eigenvalue weighted by molar-refractivity contribution is 9.10. The van der Waals surface area contributed by atoms with Crippen molar-refractivity contribution < 1.29 is 23.9 Å². The lowest BCUT2D eigenvalue weighted by Crippen LogP contribution is -2.30. The van der Waals surface area contributed by atoms with Crippen LogP contribution in [0.4, 0.5) is 5.69 Å². The fraction of sp³-hybridized carbons (Fsp3) is 0.206. The third-order valence-electron chi connectivity index (χ3n) is 7.89. The van der Waals surface area contributed by atoms with E-state index < -0.39 is 12.1 Å². The molecule has 4 aromatic rings. The van der Waals surface area contributed by atoms with Crippen molar-refractivity contribution >= 4 is 56.1 Å². The number of ether oxygens (including phenoxy) is 1. The van der Waals surface area contributed by atoms with Crippen molar-refractivity contribution in [1.29, 1.82) is 0 Å². The molecule has 2 amide bonds. The van der Waals surface area contributed by atoms with Crippen LogP contribution >= 0.6 is 15.9 Å². The van der Waals surface area contributed by atoms with Crippen LogP contribution in [0.25, 0.3) is 22.2 Å². The van der Waals surface area contributed by atoms with Crippen molar-refractivity contribution in [3.8, 4) is 11.3 Å². The van der Waals surface area contributed by atoms with Crippen LogP contribution in [-0.2, 0) is 14.3 Å². The molecule has 3 aromatic carbocycles. The van der Waals surface area contributed by atoms with Gasteiger partial charge < -0.3 is 4.74 Å². The molecule has 7 nitrogen and oxygen atoms in total. The van der Waals surface area contributed by atoms with E-state index in [-0.39, 0.29) is 35.0 Å². The summed E-state index contributed by atoms with van der Waals surface area (Å²) in [4.78, 5) is 58.8. The van der Waals surface area contributed by atoms with E-state index in [9.17, 15) is 19.2 Å². The molecule has 2 heterocycles. The van der Waals surface area contributed by atoms with Crippen molar-refractivity contribution in [3.63, 3.8) is 0 Å². The van der Waals surface area contributed by atoms with Crippen molar-refractivity contribution in [3.05, 3.63) is 107 Å². The molecule has 1 saturated heterocycles. The predicted molar refractivity (Wildman–Crippen MR) is 163 cm³/mol. The van der Waals surface area contributed by atoms with Gasteiger partial charge in [0.05, 0.1) is 34.3 Å². The minimum Gasteiger partial charge on any atom is -0.450 e. The number of rotatable bonds is 7. The van der Waals surface area contributed by atoms with Crippen molar-refractivity contribution in [2.75, 3.05) is 4.90 Å². The zero-order valence-electron chi connectivity index (χ0n) is 22.8.